The fourth-order valence-electron chi connectivity index (χ4n) is 1.53. The van der Waals surface area contributed by atoms with Crippen molar-refractivity contribution in [2.45, 2.75) is 11.0 Å². The third kappa shape index (κ3) is 4.43. The van der Waals surface area contributed by atoms with Crippen molar-refractivity contribution in [3.05, 3.63) is 33.9 Å². The van der Waals surface area contributed by atoms with Gasteiger partial charge in [-0.15, -0.1) is 11.8 Å². The number of nitro benzene ring substituents is 1. The number of carbonyl (C=O) groups is 2. The number of carboxylic acids is 1. The molecule has 1 aromatic rings. The molecular weight excluding hydrogens is 300 g/mol. The number of hydrogen-bond acceptors (Lipinski definition) is 6. The maximum Gasteiger partial charge on any atom is 0.334 e. The molecule has 1 rings (SSSR count). The van der Waals surface area contributed by atoms with Gasteiger partial charge in [0.1, 0.15) is 0 Å². The number of aliphatic carboxylic acids is 1. The lowest BCUT2D eigenvalue weighted by Crippen LogP contribution is -2.37. The second-order valence-corrected chi connectivity index (χ2v) is 4.76. The first kappa shape index (κ1) is 16.9. The number of carbonyl (C=O) groups excluding carboxylic acids is 1. The van der Waals surface area contributed by atoms with Crippen molar-refractivity contribution in [2.24, 2.45) is 0 Å². The van der Waals surface area contributed by atoms with E-state index in [1.807, 2.05) is 0 Å². The maximum absolute atomic E-state index is 11.9. The Morgan fingerprint density at radius 1 is 1.52 bits per heavy atom. The summed E-state index contributed by atoms with van der Waals surface area (Å²) in [6, 6.07) is 4.07. The topological polar surface area (TPSA) is 119 Å². The zero-order valence-electron chi connectivity index (χ0n) is 11.4. The van der Waals surface area contributed by atoms with Gasteiger partial charge in [0.2, 0.25) is 0 Å². The Morgan fingerprint density at radius 2 is 2.19 bits per heavy atom. The molecule has 1 atom stereocenters. The van der Waals surface area contributed by atoms with Gasteiger partial charge in [0.05, 0.1) is 16.4 Å². The first-order valence-corrected chi connectivity index (χ1v) is 6.99. The monoisotopic (exact) mass is 314 g/mol. The quantitative estimate of drug-likeness (QED) is 0.440. The highest BCUT2D eigenvalue weighted by Gasteiger charge is 2.20. The number of carboxylic acid groups (broad SMARTS) is 1. The van der Waals surface area contributed by atoms with Crippen molar-refractivity contribution in [1.82, 2.24) is 5.32 Å². The Balaban J connectivity index is 2.86. The zero-order chi connectivity index (χ0) is 16.0. The van der Waals surface area contributed by atoms with Gasteiger partial charge in [0.25, 0.3) is 11.6 Å². The molecule has 0 spiro atoms. The van der Waals surface area contributed by atoms with E-state index < -0.39 is 22.9 Å². The molecule has 0 aliphatic rings. The van der Waals surface area contributed by atoms with Gasteiger partial charge in [0, 0.05) is 18.7 Å². The fraction of sp³-hybridized carbons (Fsp3) is 0.333. The first-order valence-electron chi connectivity index (χ1n) is 5.77. The standard InChI is InChI=1S/C12H14N2O6S/c1-20-9(12(16)17)6-13-11(15)7-3-4-10(21-2)8(5-7)14(18)19/h3-5,9H,6H2,1-2H3,(H,13,15)(H,16,17). The van der Waals surface area contributed by atoms with Crippen molar-refractivity contribution in [3.8, 4) is 0 Å². The molecule has 0 saturated carbocycles. The average molecular weight is 314 g/mol. The Hall–Kier alpha value is -2.13. The van der Waals surface area contributed by atoms with Crippen LogP contribution in [0.1, 0.15) is 10.4 Å². The average Bonchev–Trinajstić information content (AvgIpc) is 2.46. The molecule has 0 heterocycles. The van der Waals surface area contributed by atoms with E-state index in [2.05, 4.69) is 10.1 Å². The summed E-state index contributed by atoms with van der Waals surface area (Å²) in [6.07, 6.45) is 0.521. The van der Waals surface area contributed by atoms with Crippen molar-refractivity contribution in [2.75, 3.05) is 19.9 Å². The normalized spacial score (nSPS) is 11.7. The number of rotatable bonds is 7. The van der Waals surface area contributed by atoms with E-state index in [1.165, 1.54) is 31.0 Å². The van der Waals surface area contributed by atoms with E-state index in [-0.39, 0.29) is 17.8 Å². The lowest BCUT2D eigenvalue weighted by molar-refractivity contribution is -0.387. The van der Waals surface area contributed by atoms with Gasteiger partial charge in [-0.25, -0.2) is 4.79 Å². The van der Waals surface area contributed by atoms with E-state index in [0.717, 1.165) is 6.07 Å². The highest BCUT2D eigenvalue weighted by atomic mass is 32.2. The van der Waals surface area contributed by atoms with Crippen LogP contribution in [-0.2, 0) is 9.53 Å². The summed E-state index contributed by atoms with van der Waals surface area (Å²) >= 11 is 1.20. The molecule has 21 heavy (non-hydrogen) atoms. The minimum absolute atomic E-state index is 0.0831. The van der Waals surface area contributed by atoms with Crippen molar-refractivity contribution in [3.63, 3.8) is 0 Å². The molecule has 1 unspecified atom stereocenters. The van der Waals surface area contributed by atoms with E-state index in [9.17, 15) is 19.7 Å². The van der Waals surface area contributed by atoms with Crippen LogP contribution in [0, 0.1) is 10.1 Å². The van der Waals surface area contributed by atoms with Crippen molar-refractivity contribution in [1.29, 1.82) is 0 Å². The molecule has 9 heteroatoms. The summed E-state index contributed by atoms with van der Waals surface area (Å²) in [5.74, 6) is -1.81. The van der Waals surface area contributed by atoms with E-state index in [0.29, 0.717) is 4.90 Å². The Bertz CT molecular complexity index is 563. The molecule has 114 valence electrons. The number of benzene rings is 1. The molecule has 0 fully saturated rings. The van der Waals surface area contributed by atoms with E-state index in [1.54, 1.807) is 6.26 Å². The van der Waals surface area contributed by atoms with Gasteiger partial charge in [-0.1, -0.05) is 0 Å². The van der Waals surface area contributed by atoms with Crippen molar-refractivity contribution < 1.29 is 24.4 Å². The Morgan fingerprint density at radius 3 is 2.67 bits per heavy atom. The minimum Gasteiger partial charge on any atom is -0.479 e. The second kappa shape index (κ2) is 7.60. The molecule has 8 nitrogen and oxygen atoms in total. The van der Waals surface area contributed by atoms with Crippen LogP contribution in [0.3, 0.4) is 0 Å². The third-order valence-electron chi connectivity index (χ3n) is 2.65. The number of amides is 1. The van der Waals surface area contributed by atoms with Crippen LogP contribution < -0.4 is 5.32 Å². The van der Waals surface area contributed by atoms with Crippen LogP contribution in [0.2, 0.25) is 0 Å². The third-order valence-corrected chi connectivity index (χ3v) is 3.43. The summed E-state index contributed by atoms with van der Waals surface area (Å²) in [5, 5.41) is 22.1. The van der Waals surface area contributed by atoms with Crippen LogP contribution in [0.25, 0.3) is 0 Å². The Kier molecular flexibility index (Phi) is 6.12. The Labute approximate surface area is 124 Å². The van der Waals surface area contributed by atoms with E-state index in [4.69, 9.17) is 5.11 Å². The molecule has 0 radical (unpaired) electrons. The summed E-state index contributed by atoms with van der Waals surface area (Å²) < 4.78 is 4.67. The summed E-state index contributed by atoms with van der Waals surface area (Å²) in [4.78, 5) is 33.4. The number of nitrogens with one attached hydrogen (secondary N) is 1. The molecule has 1 aromatic carbocycles. The van der Waals surface area contributed by atoms with E-state index >= 15 is 0 Å². The SMILES string of the molecule is COC(CNC(=O)c1ccc(SC)c([N+](=O)[O-])c1)C(=O)O. The van der Waals surface area contributed by atoms with Crippen LogP contribution in [0.15, 0.2) is 23.1 Å². The number of nitro groups is 1. The number of methoxy groups -OCH3 is 1. The predicted molar refractivity (Wildman–Crippen MR) is 75.6 cm³/mol. The summed E-state index contributed by atoms with van der Waals surface area (Å²) in [7, 11) is 1.21. The highest BCUT2D eigenvalue weighted by Crippen LogP contribution is 2.28. The molecular formula is C12H14N2O6S. The largest absolute Gasteiger partial charge is 0.479 e. The smallest absolute Gasteiger partial charge is 0.334 e. The maximum atomic E-state index is 11.9. The molecule has 0 saturated heterocycles. The molecule has 1 amide bonds. The van der Waals surface area contributed by atoms with Gasteiger partial charge >= 0.3 is 5.97 Å². The molecule has 0 aromatic heterocycles. The zero-order valence-corrected chi connectivity index (χ0v) is 12.2. The van der Waals surface area contributed by atoms with Gasteiger partial charge < -0.3 is 15.2 Å². The molecule has 0 aliphatic heterocycles. The predicted octanol–water partition coefficient (Wildman–Crippen LogP) is 1.15. The van der Waals surface area contributed by atoms with Crippen LogP contribution in [0.4, 0.5) is 5.69 Å². The first-order chi connectivity index (χ1) is 9.90. The van der Waals surface area contributed by atoms with Crippen LogP contribution in [-0.4, -0.2) is 47.9 Å². The number of thioether (sulfide) groups is 1. The lowest BCUT2D eigenvalue weighted by atomic mass is 10.2. The minimum atomic E-state index is -1.21. The van der Waals surface area contributed by atoms with Gasteiger partial charge in [0.15, 0.2) is 6.10 Å². The van der Waals surface area contributed by atoms with Crippen molar-refractivity contribution >= 4 is 29.3 Å². The second-order valence-electron chi connectivity index (χ2n) is 3.92. The summed E-state index contributed by atoms with van der Waals surface area (Å²) in [6.45, 7) is -0.233. The fourth-order valence-corrected chi connectivity index (χ4v) is 2.08. The molecule has 0 aliphatic carbocycles. The number of ether oxygens (including phenoxy) is 1. The van der Waals surface area contributed by atoms with Gasteiger partial charge in [-0.05, 0) is 18.4 Å². The number of nitrogens with zero attached hydrogens (tertiary/aromatic N) is 1. The lowest BCUT2D eigenvalue weighted by Gasteiger charge is -2.11. The summed E-state index contributed by atoms with van der Waals surface area (Å²) in [5.41, 5.74) is -0.0867. The highest BCUT2D eigenvalue weighted by molar-refractivity contribution is 7.98. The van der Waals surface area contributed by atoms with Crippen LogP contribution >= 0.6 is 11.8 Å². The molecule has 0 bridgehead atoms. The van der Waals surface area contributed by atoms with Crippen LogP contribution in [0.5, 0.6) is 0 Å². The van der Waals surface area contributed by atoms with Gasteiger partial charge in [-0.2, -0.15) is 0 Å². The molecule has 2 N–H and O–H groups in total. The van der Waals surface area contributed by atoms with Gasteiger partial charge in [-0.3, -0.25) is 14.9 Å². The number of hydrogen-bond donors (Lipinski definition) is 2.